The largest absolute Gasteiger partial charge is 0.481 e. The Morgan fingerprint density at radius 2 is 2.00 bits per heavy atom. The molecule has 0 amide bonds. The Hall–Kier alpha value is -3.25. The van der Waals surface area contributed by atoms with Crippen LogP contribution in [0, 0.1) is 11.6 Å². The van der Waals surface area contributed by atoms with Gasteiger partial charge in [-0.25, -0.2) is 23.1 Å². The summed E-state index contributed by atoms with van der Waals surface area (Å²) >= 11 is 0. The number of carboxylic acids is 1. The van der Waals surface area contributed by atoms with E-state index in [0.29, 0.717) is 25.9 Å². The number of carboxylic acid groups (broad SMARTS) is 1. The Balaban J connectivity index is 1.40. The van der Waals surface area contributed by atoms with E-state index in [1.54, 1.807) is 0 Å². The fourth-order valence-corrected chi connectivity index (χ4v) is 4.41. The van der Waals surface area contributed by atoms with Crippen LogP contribution in [0.4, 0.5) is 8.78 Å². The highest BCUT2D eigenvalue weighted by Crippen LogP contribution is 2.30. The van der Waals surface area contributed by atoms with Crippen molar-refractivity contribution in [2.75, 3.05) is 19.6 Å². The maximum Gasteiger partial charge on any atom is 0.303 e. The summed E-state index contributed by atoms with van der Waals surface area (Å²) in [6, 6.07) is 3.31. The zero-order valence-electron chi connectivity index (χ0n) is 18.6. The first-order chi connectivity index (χ1) is 16.3. The lowest BCUT2D eigenvalue weighted by Gasteiger charge is -2.38. The van der Waals surface area contributed by atoms with Gasteiger partial charge in [0.05, 0.1) is 18.3 Å². The van der Waals surface area contributed by atoms with E-state index in [1.807, 2.05) is 15.8 Å². The molecule has 12 heteroatoms. The second-order valence-corrected chi connectivity index (χ2v) is 8.69. The molecule has 182 valence electrons. The van der Waals surface area contributed by atoms with Crippen molar-refractivity contribution in [2.24, 2.45) is 0 Å². The number of likely N-dealkylation sites (tertiary alicyclic amines) is 1. The number of hydrogen-bond donors (Lipinski definition) is 2. The fourth-order valence-electron chi connectivity index (χ4n) is 4.41. The lowest BCUT2D eigenvalue weighted by Crippen LogP contribution is -2.47. The van der Waals surface area contributed by atoms with Crippen molar-refractivity contribution in [2.45, 2.75) is 50.3 Å². The van der Waals surface area contributed by atoms with Crippen molar-refractivity contribution in [1.82, 2.24) is 34.7 Å². The summed E-state index contributed by atoms with van der Waals surface area (Å²) in [5, 5.41) is 32.7. The van der Waals surface area contributed by atoms with Gasteiger partial charge in [-0.05, 0) is 31.7 Å². The normalized spacial score (nSPS) is 17.0. The number of nitrogens with zero attached hydrogens (tertiary/aromatic N) is 7. The van der Waals surface area contributed by atoms with Gasteiger partial charge in [0.1, 0.15) is 29.9 Å². The van der Waals surface area contributed by atoms with Gasteiger partial charge in [0, 0.05) is 43.9 Å². The predicted molar refractivity (Wildman–Crippen MR) is 116 cm³/mol. The molecule has 0 spiro atoms. The number of rotatable bonds is 10. The molecule has 2 N–H and O–H groups in total. The first kappa shape index (κ1) is 23.9. The number of aliphatic carboxylic acids is 1. The summed E-state index contributed by atoms with van der Waals surface area (Å²) in [5.74, 6) is -2.35. The summed E-state index contributed by atoms with van der Waals surface area (Å²) < 4.78 is 31.4. The lowest BCUT2D eigenvalue weighted by molar-refractivity contribution is -0.137. The van der Waals surface area contributed by atoms with Crippen LogP contribution in [0.5, 0.6) is 0 Å². The second kappa shape index (κ2) is 10.3. The Labute approximate surface area is 194 Å². The highest BCUT2D eigenvalue weighted by atomic mass is 19.1. The van der Waals surface area contributed by atoms with Gasteiger partial charge in [-0.1, -0.05) is 11.3 Å². The number of β-amino-alcohol motifs (C(OH)–C–C–N with tert-alkyl or cyclic N) is 1. The van der Waals surface area contributed by atoms with Crippen LogP contribution in [0.15, 0.2) is 37.1 Å². The minimum absolute atomic E-state index is 0.00815. The van der Waals surface area contributed by atoms with Crippen molar-refractivity contribution >= 4 is 5.97 Å². The molecule has 0 radical (unpaired) electrons. The van der Waals surface area contributed by atoms with Gasteiger partial charge >= 0.3 is 5.97 Å². The van der Waals surface area contributed by atoms with E-state index in [9.17, 15) is 18.7 Å². The summed E-state index contributed by atoms with van der Waals surface area (Å²) in [6.07, 6.45) is 7.31. The highest BCUT2D eigenvalue weighted by Gasteiger charge is 2.36. The molecule has 1 aliphatic rings. The Bertz CT molecular complexity index is 1100. The predicted octanol–water partition coefficient (Wildman–Crippen LogP) is 1.78. The number of halogens is 2. The molecular weight excluding hydrogens is 448 g/mol. The third-order valence-electron chi connectivity index (χ3n) is 6.12. The zero-order chi connectivity index (χ0) is 24.1. The maximum absolute atomic E-state index is 14.6. The van der Waals surface area contributed by atoms with Crippen molar-refractivity contribution in [3.05, 3.63) is 59.9 Å². The first-order valence-electron chi connectivity index (χ1n) is 11.2. The van der Waals surface area contributed by atoms with Crippen LogP contribution in [-0.2, 0) is 23.4 Å². The van der Waals surface area contributed by atoms with E-state index in [4.69, 9.17) is 5.11 Å². The third-order valence-corrected chi connectivity index (χ3v) is 6.12. The molecule has 3 heterocycles. The fraction of sp³-hybridized carbons (Fsp3) is 0.500. The number of piperidine rings is 1. The van der Waals surface area contributed by atoms with Crippen LogP contribution in [-0.4, -0.2) is 70.5 Å². The quantitative estimate of drug-likeness (QED) is 0.455. The van der Waals surface area contributed by atoms with Gasteiger partial charge in [0.2, 0.25) is 0 Å². The van der Waals surface area contributed by atoms with Crippen molar-refractivity contribution in [3.63, 3.8) is 0 Å². The van der Waals surface area contributed by atoms with Crippen LogP contribution >= 0.6 is 0 Å². The molecule has 1 aliphatic heterocycles. The average molecular weight is 476 g/mol. The number of carbonyl (C=O) groups is 1. The van der Waals surface area contributed by atoms with Crippen molar-refractivity contribution in [1.29, 1.82) is 0 Å². The van der Waals surface area contributed by atoms with E-state index < -0.39 is 23.2 Å². The summed E-state index contributed by atoms with van der Waals surface area (Å²) in [4.78, 5) is 16.6. The maximum atomic E-state index is 14.6. The molecule has 10 nitrogen and oxygen atoms in total. The van der Waals surface area contributed by atoms with Gasteiger partial charge in [0.25, 0.3) is 0 Å². The standard InChI is InChI=1S/C22H27F2N7O3/c23-16-4-5-19(20(24)10-16)22(34,13-30-15-25-14-26-30)12-29-8-6-18(7-9-29)31-11-17(27-28-31)2-1-3-21(32)33/h4-5,10-11,14-15,18,34H,1-3,6-9,12-13H2,(H,32,33). The molecular formula is C22H27F2N7O3. The molecule has 34 heavy (non-hydrogen) atoms. The molecule has 1 atom stereocenters. The van der Waals surface area contributed by atoms with Gasteiger partial charge in [-0.2, -0.15) is 5.10 Å². The van der Waals surface area contributed by atoms with E-state index in [1.165, 1.54) is 23.4 Å². The molecule has 1 aromatic carbocycles. The smallest absolute Gasteiger partial charge is 0.303 e. The minimum Gasteiger partial charge on any atom is -0.481 e. The van der Waals surface area contributed by atoms with E-state index >= 15 is 0 Å². The molecule has 4 rings (SSSR count). The van der Waals surface area contributed by atoms with Gasteiger partial charge in [-0.3, -0.25) is 9.69 Å². The van der Waals surface area contributed by atoms with E-state index in [-0.39, 0.29) is 31.1 Å². The van der Waals surface area contributed by atoms with Gasteiger partial charge in [-0.15, -0.1) is 5.10 Å². The zero-order valence-corrected chi connectivity index (χ0v) is 18.6. The average Bonchev–Trinajstić information content (AvgIpc) is 3.46. The van der Waals surface area contributed by atoms with Crippen LogP contribution < -0.4 is 0 Å². The molecule has 0 aliphatic carbocycles. The van der Waals surface area contributed by atoms with E-state index in [0.717, 1.165) is 30.7 Å². The molecule has 3 aromatic rings. The van der Waals surface area contributed by atoms with Crippen LogP contribution in [0.3, 0.4) is 0 Å². The van der Waals surface area contributed by atoms with E-state index in [2.05, 4.69) is 20.4 Å². The molecule has 0 bridgehead atoms. The van der Waals surface area contributed by atoms with Gasteiger partial charge < -0.3 is 10.2 Å². The first-order valence-corrected chi connectivity index (χ1v) is 11.2. The van der Waals surface area contributed by atoms with Gasteiger partial charge in [0.15, 0.2) is 0 Å². The SMILES string of the molecule is O=C(O)CCCc1cn(C2CCN(CC(O)(Cn3cncn3)c3ccc(F)cc3F)CC2)nn1. The summed E-state index contributed by atoms with van der Waals surface area (Å²) in [6.45, 7) is 1.39. The number of hydrogen-bond acceptors (Lipinski definition) is 7. The number of aryl methyl sites for hydroxylation is 1. The highest BCUT2D eigenvalue weighted by molar-refractivity contribution is 5.66. The molecule has 1 unspecified atom stereocenters. The Morgan fingerprint density at radius 3 is 2.68 bits per heavy atom. The molecule has 0 saturated carbocycles. The lowest BCUT2D eigenvalue weighted by atomic mass is 9.91. The molecule has 1 fully saturated rings. The Kier molecular flexibility index (Phi) is 7.27. The summed E-state index contributed by atoms with van der Waals surface area (Å²) in [7, 11) is 0. The summed E-state index contributed by atoms with van der Waals surface area (Å²) in [5.41, 5.74) is -0.866. The van der Waals surface area contributed by atoms with Crippen molar-refractivity contribution < 1.29 is 23.8 Å². The third kappa shape index (κ3) is 5.81. The van der Waals surface area contributed by atoms with Crippen LogP contribution in [0.25, 0.3) is 0 Å². The number of benzene rings is 1. The molecule has 2 aromatic heterocycles. The second-order valence-electron chi connectivity index (χ2n) is 8.69. The molecule has 1 saturated heterocycles. The number of aliphatic hydroxyl groups is 1. The number of aromatic nitrogens is 6. The van der Waals surface area contributed by atoms with Crippen LogP contribution in [0.1, 0.15) is 43.0 Å². The monoisotopic (exact) mass is 475 g/mol. The van der Waals surface area contributed by atoms with Crippen LogP contribution in [0.2, 0.25) is 0 Å². The minimum atomic E-state index is -1.64. The topological polar surface area (TPSA) is 122 Å². The Morgan fingerprint density at radius 1 is 1.21 bits per heavy atom. The van der Waals surface area contributed by atoms with Crippen molar-refractivity contribution in [3.8, 4) is 0 Å².